The Hall–Kier alpha value is -2.55. The van der Waals surface area contributed by atoms with Gasteiger partial charge in [0.1, 0.15) is 11.5 Å². The Kier molecular flexibility index (Phi) is 8.50. The number of nitrogens with one attached hydrogen (secondary N) is 1. The van der Waals surface area contributed by atoms with Gasteiger partial charge in [-0.05, 0) is 23.8 Å². The molecule has 0 saturated carbocycles. The number of ether oxygens (including phenoxy) is 2. The number of fused-ring (bicyclic) bond motifs is 1. The fourth-order valence-corrected chi connectivity index (χ4v) is 3.18. The highest BCUT2D eigenvalue weighted by Gasteiger charge is 2.12. The molecule has 0 spiro atoms. The first kappa shape index (κ1) is 22.7. The minimum atomic E-state index is 0. The maximum atomic E-state index is 5.50. The Morgan fingerprint density at radius 1 is 1.07 bits per heavy atom. The molecule has 0 aliphatic heterocycles. The van der Waals surface area contributed by atoms with Crippen molar-refractivity contribution in [1.29, 1.82) is 0 Å². The molecular formula is C22H27IN4O2. The summed E-state index contributed by atoms with van der Waals surface area (Å²) >= 11 is 0. The van der Waals surface area contributed by atoms with Crippen molar-refractivity contribution in [3.8, 4) is 11.5 Å². The molecule has 0 fully saturated rings. The van der Waals surface area contributed by atoms with Crippen molar-refractivity contribution in [2.75, 3.05) is 28.3 Å². The van der Waals surface area contributed by atoms with Gasteiger partial charge in [0.05, 0.1) is 19.7 Å². The standard InChI is InChI=1S/C22H26N4O2.HI/c1-23-22(25-14-17-8-5-7-16-9-6-12-24-21(16)17)26(2)15-18-10-11-19(27-3)13-20(18)28-4;/h5-13H,14-15H2,1-4H3,(H,23,25);1H. The average molecular weight is 506 g/mol. The van der Waals surface area contributed by atoms with Crippen molar-refractivity contribution in [2.45, 2.75) is 13.1 Å². The molecule has 0 atom stereocenters. The molecule has 29 heavy (non-hydrogen) atoms. The van der Waals surface area contributed by atoms with E-state index >= 15 is 0 Å². The summed E-state index contributed by atoms with van der Waals surface area (Å²) in [5.41, 5.74) is 3.20. The summed E-state index contributed by atoms with van der Waals surface area (Å²) in [5, 5.41) is 4.56. The van der Waals surface area contributed by atoms with Crippen LogP contribution in [0.15, 0.2) is 59.7 Å². The third-order valence-corrected chi connectivity index (χ3v) is 4.63. The molecule has 1 heterocycles. The van der Waals surface area contributed by atoms with Gasteiger partial charge in [0, 0.05) is 50.4 Å². The number of hydrogen-bond donors (Lipinski definition) is 1. The number of aliphatic imine (C=N–C) groups is 1. The monoisotopic (exact) mass is 506 g/mol. The Labute approximate surface area is 189 Å². The van der Waals surface area contributed by atoms with E-state index in [0.717, 1.165) is 39.5 Å². The largest absolute Gasteiger partial charge is 0.497 e. The summed E-state index contributed by atoms with van der Waals surface area (Å²) in [6.07, 6.45) is 1.82. The van der Waals surface area contributed by atoms with Gasteiger partial charge in [-0.15, -0.1) is 24.0 Å². The van der Waals surface area contributed by atoms with Crippen LogP contribution in [0, 0.1) is 0 Å². The van der Waals surface area contributed by atoms with Gasteiger partial charge in [-0.1, -0.05) is 24.3 Å². The lowest BCUT2D eigenvalue weighted by molar-refractivity contribution is 0.382. The molecule has 1 N–H and O–H groups in total. The van der Waals surface area contributed by atoms with Crippen LogP contribution in [0.1, 0.15) is 11.1 Å². The van der Waals surface area contributed by atoms with E-state index < -0.39 is 0 Å². The Morgan fingerprint density at radius 3 is 2.59 bits per heavy atom. The number of pyridine rings is 1. The van der Waals surface area contributed by atoms with Gasteiger partial charge in [-0.25, -0.2) is 0 Å². The highest BCUT2D eigenvalue weighted by atomic mass is 127. The van der Waals surface area contributed by atoms with E-state index in [1.165, 1.54) is 0 Å². The fourth-order valence-electron chi connectivity index (χ4n) is 3.18. The third-order valence-electron chi connectivity index (χ3n) is 4.63. The number of para-hydroxylation sites is 1. The molecule has 3 rings (SSSR count). The molecule has 7 heteroatoms. The molecule has 0 amide bonds. The first-order valence-corrected chi connectivity index (χ1v) is 9.11. The number of aromatic nitrogens is 1. The molecule has 0 aliphatic carbocycles. The lowest BCUT2D eigenvalue weighted by Gasteiger charge is -2.23. The smallest absolute Gasteiger partial charge is 0.193 e. The SMILES string of the molecule is CN=C(NCc1cccc2cccnc12)N(C)Cc1ccc(OC)cc1OC.I. The Morgan fingerprint density at radius 2 is 1.86 bits per heavy atom. The minimum Gasteiger partial charge on any atom is -0.497 e. The maximum absolute atomic E-state index is 5.50. The van der Waals surface area contributed by atoms with E-state index in [4.69, 9.17) is 9.47 Å². The summed E-state index contributed by atoms with van der Waals surface area (Å²) in [6, 6.07) is 16.1. The molecule has 1 aromatic heterocycles. The zero-order valence-electron chi connectivity index (χ0n) is 17.2. The third kappa shape index (κ3) is 5.50. The van der Waals surface area contributed by atoms with Crippen molar-refractivity contribution < 1.29 is 9.47 Å². The zero-order valence-corrected chi connectivity index (χ0v) is 19.5. The summed E-state index contributed by atoms with van der Waals surface area (Å²) in [6.45, 7) is 1.30. The van der Waals surface area contributed by atoms with Gasteiger partial charge >= 0.3 is 0 Å². The van der Waals surface area contributed by atoms with Crippen LogP contribution in [0.4, 0.5) is 0 Å². The van der Waals surface area contributed by atoms with Gasteiger partial charge in [0.2, 0.25) is 0 Å². The highest BCUT2D eigenvalue weighted by molar-refractivity contribution is 14.0. The summed E-state index contributed by atoms with van der Waals surface area (Å²) < 4.78 is 10.8. The lowest BCUT2D eigenvalue weighted by atomic mass is 10.1. The van der Waals surface area contributed by atoms with Crippen LogP contribution in [-0.4, -0.2) is 44.2 Å². The molecule has 154 valence electrons. The summed E-state index contributed by atoms with van der Waals surface area (Å²) in [4.78, 5) is 11.0. The van der Waals surface area contributed by atoms with Crippen LogP contribution < -0.4 is 14.8 Å². The Bertz CT molecular complexity index is 973. The van der Waals surface area contributed by atoms with Crippen molar-refractivity contribution in [1.82, 2.24) is 15.2 Å². The quantitative estimate of drug-likeness (QED) is 0.310. The van der Waals surface area contributed by atoms with Crippen LogP contribution >= 0.6 is 24.0 Å². The maximum Gasteiger partial charge on any atom is 0.193 e. The van der Waals surface area contributed by atoms with Crippen LogP contribution in [0.25, 0.3) is 10.9 Å². The van der Waals surface area contributed by atoms with Crippen molar-refractivity contribution in [3.05, 3.63) is 65.9 Å². The van der Waals surface area contributed by atoms with Crippen molar-refractivity contribution >= 4 is 40.8 Å². The topological polar surface area (TPSA) is 59.0 Å². The van der Waals surface area contributed by atoms with E-state index in [2.05, 4.69) is 44.5 Å². The molecule has 0 saturated heterocycles. The number of methoxy groups -OCH3 is 2. The first-order valence-electron chi connectivity index (χ1n) is 9.11. The van der Waals surface area contributed by atoms with E-state index in [9.17, 15) is 0 Å². The number of benzene rings is 2. The number of guanidine groups is 1. The molecule has 0 radical (unpaired) electrons. The second-order valence-electron chi connectivity index (χ2n) is 6.43. The van der Waals surface area contributed by atoms with Crippen molar-refractivity contribution in [3.63, 3.8) is 0 Å². The summed E-state index contributed by atoms with van der Waals surface area (Å²) in [7, 11) is 7.10. The molecular weight excluding hydrogens is 479 g/mol. The average Bonchev–Trinajstić information content (AvgIpc) is 2.74. The minimum absolute atomic E-state index is 0. The molecule has 0 unspecified atom stereocenters. The lowest BCUT2D eigenvalue weighted by Crippen LogP contribution is -2.38. The van der Waals surface area contributed by atoms with Gasteiger partial charge in [0.15, 0.2) is 5.96 Å². The molecule has 3 aromatic rings. The predicted octanol–water partition coefficient (Wildman–Crippen LogP) is 4.08. The van der Waals surface area contributed by atoms with E-state index in [1.807, 2.05) is 37.5 Å². The fraction of sp³-hybridized carbons (Fsp3) is 0.273. The predicted molar refractivity (Wildman–Crippen MR) is 128 cm³/mol. The number of hydrogen-bond acceptors (Lipinski definition) is 4. The van der Waals surface area contributed by atoms with E-state index in [1.54, 1.807) is 21.3 Å². The highest BCUT2D eigenvalue weighted by Crippen LogP contribution is 2.25. The number of halogens is 1. The van der Waals surface area contributed by atoms with Gasteiger partial charge in [-0.2, -0.15) is 0 Å². The number of rotatable bonds is 6. The van der Waals surface area contributed by atoms with Crippen LogP contribution in [-0.2, 0) is 13.1 Å². The van der Waals surface area contributed by atoms with E-state index in [-0.39, 0.29) is 24.0 Å². The molecule has 0 bridgehead atoms. The second kappa shape index (κ2) is 10.8. The zero-order chi connectivity index (χ0) is 19.9. The van der Waals surface area contributed by atoms with Gasteiger partial charge in [-0.3, -0.25) is 9.98 Å². The van der Waals surface area contributed by atoms with Crippen LogP contribution in [0.5, 0.6) is 11.5 Å². The van der Waals surface area contributed by atoms with Crippen LogP contribution in [0.3, 0.4) is 0 Å². The van der Waals surface area contributed by atoms with Crippen LogP contribution in [0.2, 0.25) is 0 Å². The molecule has 6 nitrogen and oxygen atoms in total. The number of nitrogens with zero attached hydrogens (tertiary/aromatic N) is 3. The molecule has 2 aromatic carbocycles. The van der Waals surface area contributed by atoms with E-state index in [0.29, 0.717) is 13.1 Å². The normalized spacial score (nSPS) is 11.0. The van der Waals surface area contributed by atoms with Gasteiger partial charge in [0.25, 0.3) is 0 Å². The summed E-state index contributed by atoms with van der Waals surface area (Å²) in [5.74, 6) is 2.36. The first-order chi connectivity index (χ1) is 13.7. The molecule has 0 aliphatic rings. The van der Waals surface area contributed by atoms with Gasteiger partial charge < -0.3 is 19.7 Å². The van der Waals surface area contributed by atoms with Crippen molar-refractivity contribution in [2.24, 2.45) is 4.99 Å². The Balaban J connectivity index is 0.00000300. The second-order valence-corrected chi connectivity index (χ2v) is 6.43.